The van der Waals surface area contributed by atoms with Crippen LogP contribution in [0, 0.1) is 11.8 Å². The van der Waals surface area contributed by atoms with Crippen LogP contribution in [0.15, 0.2) is 86.0 Å². The first-order chi connectivity index (χ1) is 19.0. The van der Waals surface area contributed by atoms with E-state index in [4.69, 9.17) is 4.74 Å². The minimum Gasteiger partial charge on any atom is -0.455 e. The molecular weight excluding hydrogens is 492 g/mol. The van der Waals surface area contributed by atoms with Crippen LogP contribution in [0.25, 0.3) is 0 Å². The highest BCUT2D eigenvalue weighted by Gasteiger charge is 2.31. The highest BCUT2D eigenvalue weighted by Crippen LogP contribution is 2.24. The summed E-state index contributed by atoms with van der Waals surface area (Å²) in [6.45, 7) is 8.14. The largest absolute Gasteiger partial charge is 0.455 e. The number of carbonyl (C=O) groups is 3. The van der Waals surface area contributed by atoms with Gasteiger partial charge in [-0.25, -0.2) is 0 Å². The quantitative estimate of drug-likeness (QED) is 0.262. The minimum absolute atomic E-state index is 0.0304. The molecule has 7 heteroatoms. The molecule has 2 aromatic rings. The molecule has 0 radical (unpaired) electrons. The van der Waals surface area contributed by atoms with E-state index in [1.54, 1.807) is 17.1 Å². The van der Waals surface area contributed by atoms with Crippen molar-refractivity contribution in [1.29, 1.82) is 0 Å². The SMILES string of the molecule is C=CC[C@H](CC(=O)N1CCC[C@H]1CO)C(=O)NC[C@@H](OC(=O)[C@H](CC=C)Cc1ccccc1)c1ccccc1. The maximum absolute atomic E-state index is 13.3. The molecular formula is C32H40N2O5. The molecule has 0 bridgehead atoms. The molecule has 2 aromatic carbocycles. The molecule has 1 aliphatic heterocycles. The van der Waals surface area contributed by atoms with E-state index in [0.29, 0.717) is 25.8 Å². The molecule has 0 spiro atoms. The van der Waals surface area contributed by atoms with Gasteiger partial charge in [-0.15, -0.1) is 13.2 Å². The fourth-order valence-corrected chi connectivity index (χ4v) is 5.00. The van der Waals surface area contributed by atoms with Gasteiger partial charge < -0.3 is 20.1 Å². The summed E-state index contributed by atoms with van der Waals surface area (Å²) in [4.78, 5) is 41.1. The fraction of sp³-hybridized carbons (Fsp3) is 0.406. The number of aliphatic hydroxyl groups excluding tert-OH is 1. The summed E-state index contributed by atoms with van der Waals surface area (Å²) < 4.78 is 5.98. The second kappa shape index (κ2) is 15.6. The van der Waals surface area contributed by atoms with Gasteiger partial charge in [0.25, 0.3) is 0 Å². The van der Waals surface area contributed by atoms with E-state index in [9.17, 15) is 19.5 Å². The third-order valence-corrected chi connectivity index (χ3v) is 7.15. The molecule has 2 N–H and O–H groups in total. The smallest absolute Gasteiger partial charge is 0.310 e. The summed E-state index contributed by atoms with van der Waals surface area (Å²) in [5.41, 5.74) is 1.80. The van der Waals surface area contributed by atoms with Crippen LogP contribution >= 0.6 is 0 Å². The number of hydrogen-bond acceptors (Lipinski definition) is 5. The molecule has 4 atom stereocenters. The predicted molar refractivity (Wildman–Crippen MR) is 151 cm³/mol. The summed E-state index contributed by atoms with van der Waals surface area (Å²) in [7, 11) is 0. The Morgan fingerprint density at radius 3 is 2.28 bits per heavy atom. The molecule has 3 rings (SSSR count). The van der Waals surface area contributed by atoms with Crippen molar-refractivity contribution in [3.63, 3.8) is 0 Å². The number of aliphatic hydroxyl groups is 1. The third-order valence-electron chi connectivity index (χ3n) is 7.15. The summed E-state index contributed by atoms with van der Waals surface area (Å²) >= 11 is 0. The number of likely N-dealkylation sites (tertiary alicyclic amines) is 1. The molecule has 1 fully saturated rings. The zero-order valence-electron chi connectivity index (χ0n) is 22.5. The van der Waals surface area contributed by atoms with Crippen molar-refractivity contribution in [2.24, 2.45) is 11.8 Å². The number of nitrogens with zero attached hydrogens (tertiary/aromatic N) is 1. The highest BCUT2D eigenvalue weighted by atomic mass is 16.5. The van der Waals surface area contributed by atoms with E-state index < -0.39 is 17.9 Å². The standard InChI is InChI=1S/C32H40N2O5/c1-3-12-26(21-30(36)34-19-11-18-28(34)23-35)31(37)33-22-29(25-16-9-6-10-17-25)39-32(38)27(13-4-2)20-24-14-7-5-8-15-24/h3-10,14-17,26-29,35H,1-2,11-13,18-23H2,(H,33,37)/t26-,27-,28+,29-/m1/s1. The van der Waals surface area contributed by atoms with Crippen molar-refractivity contribution in [2.45, 2.75) is 50.7 Å². The second-order valence-corrected chi connectivity index (χ2v) is 9.98. The van der Waals surface area contributed by atoms with Crippen molar-refractivity contribution < 1.29 is 24.2 Å². The minimum atomic E-state index is -0.692. The van der Waals surface area contributed by atoms with E-state index in [0.717, 1.165) is 24.0 Å². The molecule has 1 saturated heterocycles. The summed E-state index contributed by atoms with van der Waals surface area (Å²) in [6, 6.07) is 18.9. The lowest BCUT2D eigenvalue weighted by atomic mass is 9.96. The van der Waals surface area contributed by atoms with Crippen LogP contribution < -0.4 is 5.32 Å². The van der Waals surface area contributed by atoms with Gasteiger partial charge in [0.2, 0.25) is 11.8 Å². The third kappa shape index (κ3) is 8.93. The summed E-state index contributed by atoms with van der Waals surface area (Å²) in [5, 5.41) is 12.5. The van der Waals surface area contributed by atoms with Crippen molar-refractivity contribution >= 4 is 17.8 Å². The van der Waals surface area contributed by atoms with Crippen LogP contribution in [0.4, 0.5) is 0 Å². The molecule has 0 aromatic heterocycles. The topological polar surface area (TPSA) is 95.9 Å². The van der Waals surface area contributed by atoms with Crippen LogP contribution in [0.3, 0.4) is 0 Å². The monoisotopic (exact) mass is 532 g/mol. The molecule has 39 heavy (non-hydrogen) atoms. The molecule has 7 nitrogen and oxygen atoms in total. The zero-order valence-corrected chi connectivity index (χ0v) is 22.5. The Kier molecular flexibility index (Phi) is 12.0. The van der Waals surface area contributed by atoms with Gasteiger partial charge in [-0.3, -0.25) is 14.4 Å². The molecule has 0 aliphatic carbocycles. The summed E-state index contributed by atoms with van der Waals surface area (Å²) in [5.74, 6) is -1.81. The van der Waals surface area contributed by atoms with E-state index in [1.807, 2.05) is 60.7 Å². The van der Waals surface area contributed by atoms with Crippen molar-refractivity contribution in [3.8, 4) is 0 Å². The first-order valence-electron chi connectivity index (χ1n) is 13.7. The Bertz CT molecular complexity index is 1090. The highest BCUT2D eigenvalue weighted by molar-refractivity contribution is 5.86. The number of carbonyl (C=O) groups excluding carboxylic acids is 3. The van der Waals surface area contributed by atoms with Crippen molar-refractivity contribution in [3.05, 3.63) is 97.1 Å². The Morgan fingerprint density at radius 2 is 1.64 bits per heavy atom. The predicted octanol–water partition coefficient (Wildman–Crippen LogP) is 4.39. The average Bonchev–Trinajstić information content (AvgIpc) is 3.45. The lowest BCUT2D eigenvalue weighted by Gasteiger charge is -2.26. The van der Waals surface area contributed by atoms with Crippen LogP contribution in [0.5, 0.6) is 0 Å². The lowest BCUT2D eigenvalue weighted by Crippen LogP contribution is -2.41. The number of rotatable bonds is 15. The number of amides is 2. The van der Waals surface area contributed by atoms with Gasteiger partial charge in [0.05, 0.1) is 31.0 Å². The Labute approximate surface area is 231 Å². The van der Waals surface area contributed by atoms with Crippen LogP contribution in [0.2, 0.25) is 0 Å². The maximum atomic E-state index is 13.3. The molecule has 2 amide bonds. The zero-order chi connectivity index (χ0) is 28.0. The first kappa shape index (κ1) is 29.8. The van der Waals surface area contributed by atoms with E-state index in [-0.39, 0.29) is 43.4 Å². The van der Waals surface area contributed by atoms with Gasteiger partial charge >= 0.3 is 5.97 Å². The summed E-state index contributed by atoms with van der Waals surface area (Å²) in [6.07, 6.45) is 5.62. The Balaban J connectivity index is 1.68. The molecule has 0 unspecified atom stereocenters. The number of esters is 1. The van der Waals surface area contributed by atoms with Gasteiger partial charge in [0, 0.05) is 13.0 Å². The maximum Gasteiger partial charge on any atom is 0.310 e. The van der Waals surface area contributed by atoms with E-state index >= 15 is 0 Å². The average molecular weight is 533 g/mol. The van der Waals surface area contributed by atoms with Gasteiger partial charge in [0.1, 0.15) is 6.10 Å². The first-order valence-corrected chi connectivity index (χ1v) is 13.7. The molecule has 1 heterocycles. The molecule has 0 saturated carbocycles. The number of nitrogens with one attached hydrogen (secondary N) is 1. The van der Waals surface area contributed by atoms with Gasteiger partial charge in [-0.2, -0.15) is 0 Å². The number of benzene rings is 2. The van der Waals surface area contributed by atoms with Gasteiger partial charge in [-0.05, 0) is 43.2 Å². The fourth-order valence-electron chi connectivity index (χ4n) is 5.00. The van der Waals surface area contributed by atoms with E-state index in [2.05, 4.69) is 18.5 Å². The lowest BCUT2D eigenvalue weighted by molar-refractivity contribution is -0.154. The van der Waals surface area contributed by atoms with E-state index in [1.165, 1.54) is 0 Å². The number of ether oxygens (including phenoxy) is 1. The Hall–Kier alpha value is -3.71. The normalized spacial score (nSPS) is 17.1. The van der Waals surface area contributed by atoms with Crippen LogP contribution in [-0.4, -0.2) is 53.5 Å². The number of hydrogen-bond donors (Lipinski definition) is 2. The second-order valence-electron chi connectivity index (χ2n) is 9.98. The van der Waals surface area contributed by atoms with Crippen LogP contribution in [0.1, 0.15) is 49.3 Å². The van der Waals surface area contributed by atoms with Crippen molar-refractivity contribution in [2.75, 3.05) is 19.7 Å². The molecule has 1 aliphatic rings. The van der Waals surface area contributed by atoms with Gasteiger partial charge in [0.15, 0.2) is 0 Å². The number of allylic oxidation sites excluding steroid dienone is 2. The molecule has 208 valence electrons. The Morgan fingerprint density at radius 1 is 1.00 bits per heavy atom. The van der Waals surface area contributed by atoms with Crippen molar-refractivity contribution in [1.82, 2.24) is 10.2 Å². The van der Waals surface area contributed by atoms with Gasteiger partial charge in [-0.1, -0.05) is 72.8 Å². The van der Waals surface area contributed by atoms with Crippen LogP contribution in [-0.2, 0) is 25.5 Å².